The highest BCUT2D eigenvalue weighted by Gasteiger charge is 2.33. The molecule has 2 aliphatic rings. The van der Waals surface area contributed by atoms with E-state index in [1.165, 1.54) is 24.3 Å². The Morgan fingerprint density at radius 2 is 0.837 bits per heavy atom. The van der Waals surface area contributed by atoms with E-state index in [0.29, 0.717) is 64.7 Å². The molecular weight excluding hydrogens is 1190 g/mol. The van der Waals surface area contributed by atoms with E-state index < -0.39 is 53.1 Å². The van der Waals surface area contributed by atoms with Crippen molar-refractivity contribution in [2.24, 2.45) is 9.98 Å². The molecule has 2 atom stereocenters. The summed E-state index contributed by atoms with van der Waals surface area (Å²) in [5.41, 5.74) is 4.44. The van der Waals surface area contributed by atoms with Gasteiger partial charge in [-0.3, -0.25) is 9.98 Å². The first-order chi connectivity index (χ1) is 44.8. The van der Waals surface area contributed by atoms with Gasteiger partial charge >= 0.3 is 35.8 Å². The summed E-state index contributed by atoms with van der Waals surface area (Å²) in [6.07, 6.45) is 14.8. The van der Waals surface area contributed by atoms with Crippen LogP contribution in [0.5, 0.6) is 28.7 Å². The van der Waals surface area contributed by atoms with E-state index in [0.717, 1.165) is 128 Å². The zero-order chi connectivity index (χ0) is 65.1. The smallest absolute Gasteiger partial charge is 0.346 e. The maximum absolute atomic E-state index is 14.7. The number of hydrogen-bond acceptors (Lipinski definition) is 19. The number of carbonyl (C=O) groups is 6. The predicted octanol–water partition coefficient (Wildman–Crippen LogP) is 12.9. The zero-order valence-electron chi connectivity index (χ0n) is 51.0. The summed E-state index contributed by atoms with van der Waals surface area (Å²) in [6, 6.07) is 38.0. The van der Waals surface area contributed by atoms with E-state index >= 15 is 0 Å². The summed E-state index contributed by atoms with van der Waals surface area (Å²) in [4.78, 5) is 79.1. The first-order valence-corrected chi connectivity index (χ1v) is 30.4. The molecule has 2 saturated heterocycles. The third-order valence-electron chi connectivity index (χ3n) is 13.6. The lowest BCUT2D eigenvalue weighted by molar-refractivity contribution is -0.146. The quantitative estimate of drug-likeness (QED) is 0.00666. The summed E-state index contributed by atoms with van der Waals surface area (Å²) in [6.45, 7) is 9.99. The Labute approximate surface area is 532 Å². The van der Waals surface area contributed by atoms with Crippen LogP contribution in [0.4, 0.5) is 20.2 Å². The fraction of sp³-hybridized carbons (Fsp3) is 0.324. The van der Waals surface area contributed by atoms with E-state index in [1.54, 1.807) is 12.1 Å². The Hall–Kier alpha value is -9.86. The lowest BCUT2D eigenvalue weighted by atomic mass is 10.0. The average molecular weight is 1270 g/mol. The molecule has 0 aromatic heterocycles. The van der Waals surface area contributed by atoms with Crippen molar-refractivity contribution in [1.82, 2.24) is 0 Å². The third kappa shape index (κ3) is 25.9. The van der Waals surface area contributed by atoms with E-state index in [1.807, 2.05) is 97.4 Å². The highest BCUT2D eigenvalue weighted by molar-refractivity contribution is 5.92. The lowest BCUT2D eigenvalue weighted by Crippen LogP contribution is -2.13. The lowest BCUT2D eigenvalue weighted by Gasteiger charge is -2.11. The third-order valence-corrected chi connectivity index (χ3v) is 13.6. The molecule has 0 amide bonds. The molecule has 2 fully saturated rings. The molecule has 6 aromatic rings. The highest BCUT2D eigenvalue weighted by Crippen LogP contribution is 2.27. The minimum absolute atomic E-state index is 0.0281. The van der Waals surface area contributed by atoms with Gasteiger partial charge in [-0.25, -0.2) is 33.2 Å². The van der Waals surface area contributed by atoms with Gasteiger partial charge in [-0.05, 0) is 172 Å². The molecule has 2 heterocycles. The number of esters is 6. The fourth-order valence-corrected chi connectivity index (χ4v) is 8.23. The number of benzene rings is 6. The van der Waals surface area contributed by atoms with Gasteiger partial charge < -0.3 is 52.1 Å². The number of aryl methyl sites for hydroxylation is 1. The van der Waals surface area contributed by atoms with Crippen molar-refractivity contribution < 1.29 is 89.7 Å². The SMILES string of the molecule is C=CC(=O)OCCCCOc1ccc(N=Cc2ccc(C=Nc3ccc(OCCCCOC(=O)C=C)cc3)cc2)cc1.O=C(Oc1ccc(OC(=O)c2ccc(OCCCCOC(=O)C3CO3)c(F)c2F)cc1)c1ccc(CCCCCCCOC(=O)C2CO2)cc1. The van der Waals surface area contributed by atoms with Crippen molar-refractivity contribution in [1.29, 1.82) is 0 Å². The van der Waals surface area contributed by atoms with Crippen LogP contribution in [0.3, 0.4) is 0 Å². The number of hydrogen-bond donors (Lipinski definition) is 0. The van der Waals surface area contributed by atoms with Crippen molar-refractivity contribution in [3.63, 3.8) is 0 Å². The normalized spacial score (nSPS) is 13.6. The van der Waals surface area contributed by atoms with Crippen LogP contribution in [0.2, 0.25) is 0 Å². The molecular formula is C71H74F2N2O17. The first kappa shape index (κ1) is 69.6. The van der Waals surface area contributed by atoms with Crippen LogP contribution in [-0.2, 0) is 54.0 Å². The second kappa shape index (κ2) is 38.6. The standard InChI is InChI=1S/C37H38F2O11.C34H36N2O6/c38-32-28(17-18-29(33(32)39)44-19-6-7-21-46-37(43)31-23-48-31)35(41)50-27-15-13-26(14-16-27)49-34(40)25-11-9-24(10-12-25)8-4-2-1-3-5-20-45-36(42)30-22-47-30;1-3-33(37)41-23-7-5-21-39-31-17-13-29(14-18-31)35-25-27-9-11-28(12-10-27)26-36-30-15-19-32(20-16-30)40-22-6-8-24-42-34(38)4-2/h9-18,30-31H,1-8,19-23H2;3-4,9-20,25-26H,1-2,5-8,21-24H2. The summed E-state index contributed by atoms with van der Waals surface area (Å²) < 4.78 is 86.3. The second-order valence-corrected chi connectivity index (χ2v) is 20.8. The molecule has 0 N–H and O–H groups in total. The maximum Gasteiger partial charge on any atom is 0.346 e. The molecule has 0 bridgehead atoms. The summed E-state index contributed by atoms with van der Waals surface area (Å²) in [7, 11) is 0. The predicted molar refractivity (Wildman–Crippen MR) is 338 cm³/mol. The number of aliphatic imine (C=N–C) groups is 2. The summed E-state index contributed by atoms with van der Waals surface area (Å²) in [5, 5.41) is 0. The number of halogens is 2. The van der Waals surface area contributed by atoms with Crippen LogP contribution >= 0.6 is 0 Å². The number of rotatable bonds is 38. The van der Waals surface area contributed by atoms with Gasteiger partial charge in [-0.1, -0.05) is 68.8 Å². The molecule has 2 aliphatic heterocycles. The number of carbonyl (C=O) groups excluding carboxylic acids is 6. The topological polar surface area (TPSA) is 235 Å². The minimum Gasteiger partial charge on any atom is -0.494 e. The zero-order valence-corrected chi connectivity index (χ0v) is 51.0. The summed E-state index contributed by atoms with van der Waals surface area (Å²) in [5.74, 6) is -4.55. The van der Waals surface area contributed by atoms with Gasteiger partial charge in [0.2, 0.25) is 5.82 Å². The molecule has 19 nitrogen and oxygen atoms in total. The Balaban J connectivity index is 0.000000265. The number of unbranched alkanes of at least 4 members (excludes halogenated alkanes) is 7. The Morgan fingerprint density at radius 3 is 1.30 bits per heavy atom. The van der Waals surface area contributed by atoms with Gasteiger partial charge in [0, 0.05) is 24.6 Å². The van der Waals surface area contributed by atoms with Crippen LogP contribution in [0, 0.1) is 11.6 Å². The van der Waals surface area contributed by atoms with Gasteiger partial charge in [0.05, 0.1) is 82.0 Å². The molecule has 484 valence electrons. The van der Waals surface area contributed by atoms with Crippen LogP contribution in [0.25, 0.3) is 0 Å². The number of ether oxygens (including phenoxy) is 11. The monoisotopic (exact) mass is 1260 g/mol. The van der Waals surface area contributed by atoms with Gasteiger partial charge in [0.1, 0.15) is 23.0 Å². The van der Waals surface area contributed by atoms with Gasteiger partial charge in [0.25, 0.3) is 0 Å². The van der Waals surface area contributed by atoms with Gasteiger partial charge in [0.15, 0.2) is 23.8 Å². The van der Waals surface area contributed by atoms with E-state index in [-0.39, 0.29) is 42.5 Å². The minimum atomic E-state index is -1.42. The molecule has 0 spiro atoms. The molecule has 92 heavy (non-hydrogen) atoms. The van der Waals surface area contributed by atoms with Crippen LogP contribution in [0.15, 0.2) is 169 Å². The number of nitrogens with zero attached hydrogens (tertiary/aromatic N) is 2. The van der Waals surface area contributed by atoms with Crippen molar-refractivity contribution in [2.45, 2.75) is 89.3 Å². The van der Waals surface area contributed by atoms with Crippen LogP contribution < -0.4 is 23.7 Å². The fourth-order valence-electron chi connectivity index (χ4n) is 8.23. The van der Waals surface area contributed by atoms with E-state index in [9.17, 15) is 37.5 Å². The molecule has 0 aliphatic carbocycles. The first-order valence-electron chi connectivity index (χ1n) is 30.4. The van der Waals surface area contributed by atoms with Crippen molar-refractivity contribution in [3.05, 3.63) is 198 Å². The van der Waals surface area contributed by atoms with Gasteiger partial charge in [-0.15, -0.1) is 0 Å². The Kier molecular flexibility index (Phi) is 29.2. The molecule has 0 saturated carbocycles. The maximum atomic E-state index is 14.7. The number of epoxide rings is 2. The highest BCUT2D eigenvalue weighted by atomic mass is 19.2. The second-order valence-electron chi connectivity index (χ2n) is 20.8. The summed E-state index contributed by atoms with van der Waals surface area (Å²) >= 11 is 0. The van der Waals surface area contributed by atoms with Crippen molar-refractivity contribution in [2.75, 3.05) is 59.5 Å². The largest absolute Gasteiger partial charge is 0.494 e. The van der Waals surface area contributed by atoms with E-state index in [4.69, 9.17) is 52.1 Å². The molecule has 2 unspecified atom stereocenters. The van der Waals surface area contributed by atoms with Crippen molar-refractivity contribution >= 4 is 59.6 Å². The van der Waals surface area contributed by atoms with E-state index in [2.05, 4.69) is 23.1 Å². The van der Waals surface area contributed by atoms with Crippen LogP contribution in [0.1, 0.15) is 108 Å². The average Bonchev–Trinajstić information content (AvgIpc) is 1.21. The Morgan fingerprint density at radius 1 is 0.435 bits per heavy atom. The van der Waals surface area contributed by atoms with Crippen molar-refractivity contribution in [3.8, 4) is 28.7 Å². The molecule has 8 rings (SSSR count). The van der Waals surface area contributed by atoms with Gasteiger partial charge in [-0.2, -0.15) is 4.39 Å². The Bertz CT molecular complexity index is 3300. The molecule has 0 radical (unpaired) electrons. The molecule has 21 heteroatoms. The molecule has 6 aromatic carbocycles. The van der Waals surface area contributed by atoms with Crippen LogP contribution in [-0.4, -0.2) is 120 Å².